The van der Waals surface area contributed by atoms with Gasteiger partial charge in [0.2, 0.25) is 0 Å². The molecule has 26 heavy (non-hydrogen) atoms. The number of rotatable bonds is 3. The van der Waals surface area contributed by atoms with E-state index in [1.165, 1.54) is 16.3 Å². The summed E-state index contributed by atoms with van der Waals surface area (Å²) in [4.78, 5) is 0. The first kappa shape index (κ1) is 14.7. The first-order chi connectivity index (χ1) is 12.9. The molecule has 124 valence electrons. The topological polar surface area (TPSA) is 35.6 Å². The van der Waals surface area contributed by atoms with Crippen LogP contribution in [0.25, 0.3) is 33.3 Å². The van der Waals surface area contributed by atoms with Crippen LogP contribution in [0.15, 0.2) is 97.6 Å². The summed E-state index contributed by atoms with van der Waals surface area (Å²) >= 11 is 0. The highest BCUT2D eigenvalue weighted by molar-refractivity contribution is 6.01. The van der Waals surface area contributed by atoms with Crippen molar-refractivity contribution in [3.63, 3.8) is 0 Å². The smallest absolute Gasteiger partial charge is 0.0724 e. The highest BCUT2D eigenvalue weighted by Crippen LogP contribution is 2.32. The summed E-state index contributed by atoms with van der Waals surface area (Å²) in [6.45, 7) is 0. The Morgan fingerprint density at radius 3 is 2.27 bits per heavy atom. The Morgan fingerprint density at radius 2 is 1.46 bits per heavy atom. The van der Waals surface area contributed by atoms with E-state index in [1.807, 2.05) is 46.0 Å². The normalized spacial score (nSPS) is 11.1. The zero-order chi connectivity index (χ0) is 17.3. The lowest BCUT2D eigenvalue weighted by molar-refractivity contribution is 0.881. The summed E-state index contributed by atoms with van der Waals surface area (Å²) in [5, 5.41) is 11.3. The summed E-state index contributed by atoms with van der Waals surface area (Å²) in [7, 11) is 0. The van der Waals surface area contributed by atoms with Crippen molar-refractivity contribution in [3.05, 3.63) is 97.6 Å². The summed E-state index contributed by atoms with van der Waals surface area (Å²) < 4.78 is 3.81. The van der Waals surface area contributed by atoms with Gasteiger partial charge in [-0.3, -0.25) is 0 Å². The monoisotopic (exact) mass is 336 g/mol. The average Bonchev–Trinajstić information content (AvgIpc) is 3.40. The molecular formula is C22H16N4. The minimum Gasteiger partial charge on any atom is -0.240 e. The maximum atomic E-state index is 4.54. The zero-order valence-electron chi connectivity index (χ0n) is 14.0. The Bertz CT molecular complexity index is 1170. The number of hydrogen-bond donors (Lipinski definition) is 0. The number of para-hydroxylation sites is 1. The van der Waals surface area contributed by atoms with Gasteiger partial charge in [-0.25, -0.2) is 9.36 Å². The van der Waals surface area contributed by atoms with Gasteiger partial charge < -0.3 is 0 Å². The molecule has 2 aromatic heterocycles. The van der Waals surface area contributed by atoms with Crippen LogP contribution in [0.1, 0.15) is 0 Å². The zero-order valence-corrected chi connectivity index (χ0v) is 14.0. The van der Waals surface area contributed by atoms with Crippen molar-refractivity contribution in [1.82, 2.24) is 19.6 Å². The predicted octanol–water partition coefficient (Wildman–Crippen LogP) is 4.88. The molecule has 3 aromatic carbocycles. The van der Waals surface area contributed by atoms with Gasteiger partial charge in [0.25, 0.3) is 0 Å². The fourth-order valence-corrected chi connectivity index (χ4v) is 3.33. The maximum absolute atomic E-state index is 4.54. The minimum absolute atomic E-state index is 1.05. The van der Waals surface area contributed by atoms with E-state index >= 15 is 0 Å². The minimum atomic E-state index is 1.05. The maximum Gasteiger partial charge on any atom is 0.0724 e. The van der Waals surface area contributed by atoms with Crippen LogP contribution < -0.4 is 0 Å². The van der Waals surface area contributed by atoms with Crippen LogP contribution in [0.5, 0.6) is 0 Å². The molecule has 0 N–H and O–H groups in total. The Balaban J connectivity index is 1.67. The van der Waals surface area contributed by atoms with Crippen molar-refractivity contribution >= 4 is 10.8 Å². The molecule has 0 unspecified atom stereocenters. The highest BCUT2D eigenvalue weighted by Gasteiger charge is 2.11. The summed E-state index contributed by atoms with van der Waals surface area (Å²) in [5.74, 6) is 0. The molecule has 0 saturated carbocycles. The second kappa shape index (κ2) is 6.01. The number of nitrogens with zero attached hydrogens (tertiary/aromatic N) is 4. The molecule has 0 saturated heterocycles. The molecular weight excluding hydrogens is 320 g/mol. The number of benzene rings is 3. The summed E-state index contributed by atoms with van der Waals surface area (Å²) in [6, 6.07) is 24.8. The van der Waals surface area contributed by atoms with E-state index in [4.69, 9.17) is 0 Å². The van der Waals surface area contributed by atoms with Crippen LogP contribution >= 0.6 is 0 Å². The van der Waals surface area contributed by atoms with Gasteiger partial charge in [-0.15, -0.1) is 0 Å². The lowest BCUT2D eigenvalue weighted by Gasteiger charge is -2.10. The molecule has 0 amide bonds. The average molecular weight is 336 g/mol. The molecule has 2 heterocycles. The van der Waals surface area contributed by atoms with Gasteiger partial charge in [-0.05, 0) is 35.2 Å². The van der Waals surface area contributed by atoms with Crippen molar-refractivity contribution in [2.24, 2.45) is 0 Å². The quantitative estimate of drug-likeness (QED) is 0.471. The first-order valence-electron chi connectivity index (χ1n) is 8.52. The first-order valence-corrected chi connectivity index (χ1v) is 8.52. The standard InChI is InChI=1S/C22H16N4/c1-2-7-18(8-3-1)26-16-17(15-24-26)19-11-12-22(25-14-6-13-23-25)21-10-5-4-9-20(19)21/h1-16H. The van der Waals surface area contributed by atoms with Gasteiger partial charge in [-0.2, -0.15) is 10.2 Å². The molecule has 0 spiro atoms. The molecule has 0 aliphatic heterocycles. The van der Waals surface area contributed by atoms with Crippen LogP contribution in [0.2, 0.25) is 0 Å². The Kier molecular flexibility index (Phi) is 3.39. The molecule has 5 rings (SSSR count). The lowest BCUT2D eigenvalue weighted by atomic mass is 9.99. The van der Waals surface area contributed by atoms with Gasteiger partial charge >= 0.3 is 0 Å². The van der Waals surface area contributed by atoms with Crippen molar-refractivity contribution in [3.8, 4) is 22.5 Å². The van der Waals surface area contributed by atoms with Crippen molar-refractivity contribution < 1.29 is 0 Å². The third-order valence-corrected chi connectivity index (χ3v) is 4.57. The molecule has 4 nitrogen and oxygen atoms in total. The number of hydrogen-bond acceptors (Lipinski definition) is 2. The Labute approximate surface area is 150 Å². The lowest BCUT2D eigenvalue weighted by Crippen LogP contribution is -1.96. The van der Waals surface area contributed by atoms with E-state index < -0.39 is 0 Å². The van der Waals surface area contributed by atoms with Crippen molar-refractivity contribution in [2.75, 3.05) is 0 Å². The third kappa shape index (κ3) is 2.40. The molecule has 0 fully saturated rings. The summed E-state index contributed by atoms with van der Waals surface area (Å²) in [5.41, 5.74) is 4.39. The summed E-state index contributed by atoms with van der Waals surface area (Å²) in [6.07, 6.45) is 7.76. The van der Waals surface area contributed by atoms with E-state index in [2.05, 4.69) is 64.9 Å². The van der Waals surface area contributed by atoms with Gasteiger partial charge in [-0.1, -0.05) is 48.5 Å². The SMILES string of the molecule is c1ccc(-n2cc(-c3ccc(-n4cccn4)c4ccccc34)cn2)cc1. The van der Waals surface area contributed by atoms with Gasteiger partial charge in [0.05, 0.1) is 17.6 Å². The molecule has 0 aliphatic carbocycles. The molecule has 0 radical (unpaired) electrons. The molecule has 5 aromatic rings. The van der Waals surface area contributed by atoms with Crippen LogP contribution in [0.3, 0.4) is 0 Å². The van der Waals surface area contributed by atoms with Gasteiger partial charge in [0.1, 0.15) is 0 Å². The van der Waals surface area contributed by atoms with Crippen LogP contribution in [-0.4, -0.2) is 19.6 Å². The van der Waals surface area contributed by atoms with E-state index in [1.54, 1.807) is 6.20 Å². The Hall–Kier alpha value is -3.66. The molecule has 0 aliphatic rings. The number of fused-ring (bicyclic) bond motifs is 1. The van der Waals surface area contributed by atoms with E-state index in [-0.39, 0.29) is 0 Å². The van der Waals surface area contributed by atoms with Gasteiger partial charge in [0, 0.05) is 29.5 Å². The van der Waals surface area contributed by atoms with Gasteiger partial charge in [0.15, 0.2) is 0 Å². The van der Waals surface area contributed by atoms with E-state index in [0.29, 0.717) is 0 Å². The molecule has 4 heteroatoms. The molecule has 0 atom stereocenters. The van der Waals surface area contributed by atoms with Crippen molar-refractivity contribution in [1.29, 1.82) is 0 Å². The number of aromatic nitrogens is 4. The Morgan fingerprint density at radius 1 is 0.654 bits per heavy atom. The highest BCUT2D eigenvalue weighted by atomic mass is 15.3. The fraction of sp³-hybridized carbons (Fsp3) is 0. The fourth-order valence-electron chi connectivity index (χ4n) is 3.33. The van der Waals surface area contributed by atoms with E-state index in [0.717, 1.165) is 16.9 Å². The molecule has 0 bridgehead atoms. The van der Waals surface area contributed by atoms with Crippen molar-refractivity contribution in [2.45, 2.75) is 0 Å². The van der Waals surface area contributed by atoms with Crippen LogP contribution in [0, 0.1) is 0 Å². The van der Waals surface area contributed by atoms with Crippen LogP contribution in [-0.2, 0) is 0 Å². The predicted molar refractivity (Wildman–Crippen MR) is 104 cm³/mol. The third-order valence-electron chi connectivity index (χ3n) is 4.57. The van der Waals surface area contributed by atoms with Crippen LogP contribution in [0.4, 0.5) is 0 Å². The largest absolute Gasteiger partial charge is 0.240 e. The second-order valence-corrected chi connectivity index (χ2v) is 6.14. The van der Waals surface area contributed by atoms with E-state index in [9.17, 15) is 0 Å². The second-order valence-electron chi connectivity index (χ2n) is 6.14.